The zero-order valence-corrected chi connectivity index (χ0v) is 10.2. The fourth-order valence-corrected chi connectivity index (χ4v) is 2.11. The first-order valence-corrected chi connectivity index (χ1v) is 6.09. The quantitative estimate of drug-likeness (QED) is 0.638. The van der Waals surface area contributed by atoms with Crippen molar-refractivity contribution < 1.29 is 10.0 Å². The van der Waals surface area contributed by atoms with Gasteiger partial charge >= 0.3 is 0 Å². The second-order valence-electron chi connectivity index (χ2n) is 3.55. The van der Waals surface area contributed by atoms with Crippen molar-refractivity contribution in [1.82, 2.24) is 4.98 Å². The maximum Gasteiger partial charge on any atom is 0.269 e. The highest BCUT2D eigenvalue weighted by Crippen LogP contribution is 2.17. The Labute approximate surface area is 107 Å². The van der Waals surface area contributed by atoms with Gasteiger partial charge in [-0.2, -0.15) is 0 Å². The molecule has 0 aliphatic heterocycles. The van der Waals surface area contributed by atoms with Crippen LogP contribution < -0.4 is 5.32 Å². The zero-order valence-electron chi connectivity index (χ0n) is 9.37. The summed E-state index contributed by atoms with van der Waals surface area (Å²) in [7, 11) is 0. The van der Waals surface area contributed by atoms with Gasteiger partial charge in [0.1, 0.15) is 5.01 Å². The average Bonchev–Trinajstić information content (AvgIpc) is 2.85. The first kappa shape index (κ1) is 12.5. The van der Waals surface area contributed by atoms with Gasteiger partial charge in [-0.3, -0.25) is 10.1 Å². The second kappa shape index (κ2) is 5.56. The van der Waals surface area contributed by atoms with Crippen LogP contribution in [0.3, 0.4) is 0 Å². The van der Waals surface area contributed by atoms with E-state index in [0.29, 0.717) is 12.2 Å². The number of hydrogen-bond acceptors (Lipinski definition) is 6. The predicted octanol–water partition coefficient (Wildman–Crippen LogP) is 2.16. The van der Waals surface area contributed by atoms with Crippen LogP contribution in [-0.2, 0) is 13.2 Å². The van der Waals surface area contributed by atoms with Crippen LogP contribution in [0.2, 0.25) is 0 Å². The summed E-state index contributed by atoms with van der Waals surface area (Å²) in [5.41, 5.74) is 1.51. The van der Waals surface area contributed by atoms with E-state index in [1.54, 1.807) is 17.5 Å². The van der Waals surface area contributed by atoms with Crippen LogP contribution in [0.1, 0.15) is 10.7 Å². The monoisotopic (exact) mass is 265 g/mol. The number of nitrogens with one attached hydrogen (secondary N) is 1. The molecule has 1 heterocycles. The highest BCUT2D eigenvalue weighted by Gasteiger charge is 2.04. The summed E-state index contributed by atoms with van der Waals surface area (Å²) >= 11 is 1.46. The average molecular weight is 265 g/mol. The SMILES string of the molecule is O=[N+]([O-])c1ccc(NCc2nc(CO)cs2)cc1. The van der Waals surface area contributed by atoms with Crippen molar-refractivity contribution in [3.05, 3.63) is 50.5 Å². The van der Waals surface area contributed by atoms with E-state index in [4.69, 9.17) is 5.11 Å². The van der Waals surface area contributed by atoms with Crippen molar-refractivity contribution in [3.8, 4) is 0 Å². The van der Waals surface area contributed by atoms with Gasteiger partial charge in [-0.15, -0.1) is 11.3 Å². The number of thiazole rings is 1. The fourth-order valence-electron chi connectivity index (χ4n) is 1.38. The smallest absolute Gasteiger partial charge is 0.269 e. The number of anilines is 1. The van der Waals surface area contributed by atoms with Gasteiger partial charge in [-0.05, 0) is 12.1 Å². The molecule has 0 bridgehead atoms. The van der Waals surface area contributed by atoms with E-state index >= 15 is 0 Å². The lowest BCUT2D eigenvalue weighted by atomic mass is 10.3. The highest BCUT2D eigenvalue weighted by molar-refractivity contribution is 7.09. The largest absolute Gasteiger partial charge is 0.390 e. The van der Waals surface area contributed by atoms with Crippen molar-refractivity contribution in [3.63, 3.8) is 0 Å². The Kier molecular flexibility index (Phi) is 3.85. The predicted molar refractivity (Wildman–Crippen MR) is 68.5 cm³/mol. The van der Waals surface area contributed by atoms with E-state index in [9.17, 15) is 10.1 Å². The molecular formula is C11H11N3O3S. The molecule has 2 rings (SSSR count). The molecule has 0 aliphatic rings. The summed E-state index contributed by atoms with van der Waals surface area (Å²) < 4.78 is 0. The Hall–Kier alpha value is -1.99. The molecule has 0 atom stereocenters. The van der Waals surface area contributed by atoms with Gasteiger partial charge in [0.25, 0.3) is 5.69 Å². The summed E-state index contributed by atoms with van der Waals surface area (Å²) in [6.45, 7) is 0.469. The minimum Gasteiger partial charge on any atom is -0.390 e. The summed E-state index contributed by atoms with van der Waals surface area (Å²) in [5.74, 6) is 0. The molecule has 0 unspecified atom stereocenters. The van der Waals surface area contributed by atoms with Crippen LogP contribution in [0, 0.1) is 10.1 Å². The molecule has 18 heavy (non-hydrogen) atoms. The van der Waals surface area contributed by atoms with Crippen molar-refractivity contribution in [2.75, 3.05) is 5.32 Å². The summed E-state index contributed by atoms with van der Waals surface area (Å²) in [5, 5.41) is 25.1. The number of aliphatic hydroxyl groups excluding tert-OH is 1. The fraction of sp³-hybridized carbons (Fsp3) is 0.182. The Morgan fingerprint density at radius 2 is 2.11 bits per heavy atom. The van der Waals surface area contributed by atoms with Gasteiger partial charge < -0.3 is 10.4 Å². The molecular weight excluding hydrogens is 254 g/mol. The molecule has 0 radical (unpaired) electrons. The molecule has 1 aromatic heterocycles. The third-order valence-electron chi connectivity index (χ3n) is 2.28. The third-order valence-corrected chi connectivity index (χ3v) is 3.18. The van der Waals surface area contributed by atoms with Gasteiger partial charge in [0.2, 0.25) is 0 Å². The van der Waals surface area contributed by atoms with Crippen molar-refractivity contribution in [2.45, 2.75) is 13.2 Å². The van der Waals surface area contributed by atoms with Crippen LogP contribution in [-0.4, -0.2) is 15.0 Å². The molecule has 0 saturated heterocycles. The van der Waals surface area contributed by atoms with Crippen molar-refractivity contribution in [1.29, 1.82) is 0 Å². The van der Waals surface area contributed by atoms with Gasteiger partial charge in [-0.25, -0.2) is 4.98 Å². The molecule has 1 aromatic carbocycles. The number of non-ortho nitro benzene ring substituents is 1. The summed E-state index contributed by atoms with van der Waals surface area (Å²) in [6.07, 6.45) is 0. The summed E-state index contributed by atoms with van der Waals surface area (Å²) in [4.78, 5) is 14.2. The Morgan fingerprint density at radius 1 is 1.39 bits per heavy atom. The lowest BCUT2D eigenvalue weighted by molar-refractivity contribution is -0.384. The van der Waals surface area contributed by atoms with E-state index in [2.05, 4.69) is 10.3 Å². The maximum atomic E-state index is 10.5. The minimum atomic E-state index is -0.432. The number of nitro benzene ring substituents is 1. The molecule has 94 valence electrons. The van der Waals surface area contributed by atoms with Gasteiger partial charge in [-0.1, -0.05) is 0 Å². The molecule has 6 nitrogen and oxygen atoms in total. The number of nitrogens with zero attached hydrogens (tertiary/aromatic N) is 2. The minimum absolute atomic E-state index is 0.0615. The zero-order chi connectivity index (χ0) is 13.0. The van der Waals surface area contributed by atoms with E-state index < -0.39 is 4.92 Å². The first-order valence-electron chi connectivity index (χ1n) is 5.21. The van der Waals surface area contributed by atoms with E-state index in [-0.39, 0.29) is 12.3 Å². The number of benzene rings is 1. The topological polar surface area (TPSA) is 88.3 Å². The number of rotatable bonds is 5. The molecule has 2 aromatic rings. The molecule has 0 fully saturated rings. The number of aliphatic hydroxyl groups is 1. The van der Waals surface area contributed by atoms with Crippen LogP contribution in [0.25, 0.3) is 0 Å². The van der Waals surface area contributed by atoms with Gasteiger partial charge in [0, 0.05) is 23.2 Å². The molecule has 2 N–H and O–H groups in total. The third kappa shape index (κ3) is 3.02. The van der Waals surface area contributed by atoms with Gasteiger partial charge in [0.15, 0.2) is 0 Å². The Balaban J connectivity index is 1.95. The lowest BCUT2D eigenvalue weighted by Crippen LogP contribution is -1.99. The standard InChI is InChI=1S/C11H11N3O3S/c15-6-9-7-18-11(13-9)5-12-8-1-3-10(4-2-8)14(16)17/h1-4,7,12,15H,5-6H2. The second-order valence-corrected chi connectivity index (χ2v) is 4.49. The molecule has 0 saturated carbocycles. The number of aromatic nitrogens is 1. The van der Waals surface area contributed by atoms with E-state index in [0.717, 1.165) is 10.7 Å². The molecule has 0 spiro atoms. The maximum absolute atomic E-state index is 10.5. The Bertz CT molecular complexity index is 539. The van der Waals surface area contributed by atoms with Crippen molar-refractivity contribution >= 4 is 22.7 Å². The highest BCUT2D eigenvalue weighted by atomic mass is 32.1. The van der Waals surface area contributed by atoms with E-state index in [1.165, 1.54) is 23.5 Å². The van der Waals surface area contributed by atoms with Crippen molar-refractivity contribution in [2.24, 2.45) is 0 Å². The normalized spacial score (nSPS) is 10.3. The summed E-state index contributed by atoms with van der Waals surface area (Å²) in [6, 6.07) is 6.20. The molecule has 0 amide bonds. The van der Waals surface area contributed by atoms with Crippen LogP contribution >= 0.6 is 11.3 Å². The molecule has 0 aliphatic carbocycles. The first-order chi connectivity index (χ1) is 8.69. The Morgan fingerprint density at radius 3 is 2.67 bits per heavy atom. The number of nitro groups is 1. The van der Waals surface area contributed by atoms with E-state index in [1.807, 2.05) is 0 Å². The number of hydrogen-bond donors (Lipinski definition) is 2. The molecule has 7 heteroatoms. The van der Waals surface area contributed by atoms with Gasteiger partial charge in [0.05, 0.1) is 23.8 Å². The van der Waals surface area contributed by atoms with Crippen LogP contribution in [0.15, 0.2) is 29.6 Å². The van der Waals surface area contributed by atoms with Crippen LogP contribution in [0.5, 0.6) is 0 Å². The van der Waals surface area contributed by atoms with Crippen LogP contribution in [0.4, 0.5) is 11.4 Å². The lowest BCUT2D eigenvalue weighted by Gasteiger charge is -2.03.